The SMILES string of the molecule is COc1ccc(C[N+](C)(C)c2ccc(C)cc2)cc1.[F][Sb-]([F])([F])([F])([F])[F]. The van der Waals surface area contributed by atoms with Crippen molar-refractivity contribution in [2.75, 3.05) is 21.2 Å². The summed E-state index contributed by atoms with van der Waals surface area (Å²) in [5.74, 6) is 0.907. The molecule has 0 fully saturated rings. The molecule has 0 aliphatic heterocycles. The Kier molecular flexibility index (Phi) is 6.06. The van der Waals surface area contributed by atoms with Gasteiger partial charge in [0.05, 0.1) is 21.2 Å². The maximum absolute atomic E-state index is 11.2. The number of rotatable bonds is 4. The van der Waals surface area contributed by atoms with Crippen LogP contribution in [0.1, 0.15) is 11.1 Å². The number of hydrogen-bond acceptors (Lipinski definition) is 1. The number of quaternary nitrogens is 1. The molecule has 0 radical (unpaired) electrons. The summed E-state index contributed by atoms with van der Waals surface area (Å²) in [4.78, 5) is 0. The summed E-state index contributed by atoms with van der Waals surface area (Å²) >= 11 is -11.2. The first-order valence-corrected chi connectivity index (χ1v) is 13.3. The van der Waals surface area contributed by atoms with E-state index in [1.165, 1.54) is 16.8 Å². The molecule has 0 N–H and O–H groups in total. The van der Waals surface area contributed by atoms with Crippen molar-refractivity contribution in [2.24, 2.45) is 0 Å². The van der Waals surface area contributed by atoms with Gasteiger partial charge in [0.25, 0.3) is 0 Å². The number of hydrogen-bond donors (Lipinski definition) is 0. The van der Waals surface area contributed by atoms with E-state index in [1.54, 1.807) is 7.11 Å². The van der Waals surface area contributed by atoms with Gasteiger partial charge in [-0.2, -0.15) is 0 Å². The second kappa shape index (κ2) is 6.96. The first kappa shape index (κ1) is 22.6. The molecule has 0 amide bonds. The molecule has 2 nitrogen and oxygen atoms in total. The molecule has 0 unspecified atom stereocenters. The molecule has 0 aromatic heterocycles. The third-order valence-electron chi connectivity index (χ3n) is 3.47. The van der Waals surface area contributed by atoms with Crippen LogP contribution in [-0.2, 0) is 6.54 Å². The van der Waals surface area contributed by atoms with Crippen LogP contribution in [0.2, 0.25) is 0 Å². The van der Waals surface area contributed by atoms with Crippen molar-refractivity contribution >= 4 is 25.2 Å². The Labute approximate surface area is 151 Å². The molecule has 148 valence electrons. The normalized spacial score (nSPS) is 14.5. The predicted molar refractivity (Wildman–Crippen MR) is 93.9 cm³/mol. The molecule has 0 saturated heterocycles. The van der Waals surface area contributed by atoms with Crippen LogP contribution in [0, 0.1) is 6.92 Å². The van der Waals surface area contributed by atoms with E-state index in [0.29, 0.717) is 0 Å². The third kappa shape index (κ3) is 10.6. The van der Waals surface area contributed by atoms with E-state index in [-0.39, 0.29) is 0 Å². The molecule has 0 aliphatic rings. The zero-order chi connectivity index (χ0) is 20.3. The Balaban J connectivity index is 0.000000412. The molecule has 2 rings (SSSR count). The summed E-state index contributed by atoms with van der Waals surface area (Å²) < 4.78 is 65.6. The summed E-state index contributed by atoms with van der Waals surface area (Å²) in [7, 11) is 6.16. The maximum atomic E-state index is 9.93. The van der Waals surface area contributed by atoms with Gasteiger partial charge in [-0.15, -0.1) is 0 Å². The van der Waals surface area contributed by atoms with Gasteiger partial charge < -0.3 is 4.74 Å². The summed E-state index contributed by atoms with van der Waals surface area (Å²) in [5.41, 5.74) is 3.93. The molecule has 0 spiro atoms. The fraction of sp³-hybridized carbons (Fsp3) is 0.294. The molecule has 0 saturated carbocycles. The van der Waals surface area contributed by atoms with Crippen molar-refractivity contribution in [1.82, 2.24) is 4.48 Å². The van der Waals surface area contributed by atoms with Gasteiger partial charge in [-0.1, -0.05) is 17.7 Å². The molecule has 0 bridgehead atoms. The van der Waals surface area contributed by atoms with Crippen LogP contribution in [0.15, 0.2) is 48.5 Å². The van der Waals surface area contributed by atoms with Crippen molar-refractivity contribution in [1.29, 1.82) is 0 Å². The number of halogens is 6. The number of nitrogens with zero attached hydrogens (tertiary/aromatic N) is 1. The minimum atomic E-state index is -11.2. The quantitative estimate of drug-likeness (QED) is 0.293. The van der Waals surface area contributed by atoms with Gasteiger partial charge in [0, 0.05) is 5.56 Å². The first-order valence-electron chi connectivity index (χ1n) is 7.56. The van der Waals surface area contributed by atoms with Crippen LogP contribution >= 0.6 is 0 Å². The monoisotopic (exact) mass is 491 g/mol. The van der Waals surface area contributed by atoms with E-state index in [4.69, 9.17) is 4.74 Å². The fourth-order valence-electron chi connectivity index (χ4n) is 2.23. The fourth-order valence-corrected chi connectivity index (χ4v) is 2.23. The zero-order valence-electron chi connectivity index (χ0n) is 14.9. The van der Waals surface area contributed by atoms with Gasteiger partial charge in [0.1, 0.15) is 18.0 Å². The Morgan fingerprint density at radius 2 is 1.23 bits per heavy atom. The van der Waals surface area contributed by atoms with Crippen LogP contribution < -0.4 is 9.22 Å². The Bertz CT molecular complexity index is 713. The van der Waals surface area contributed by atoms with Gasteiger partial charge in [0.15, 0.2) is 0 Å². The Morgan fingerprint density at radius 1 is 0.808 bits per heavy atom. The molecule has 0 atom stereocenters. The van der Waals surface area contributed by atoms with Crippen molar-refractivity contribution in [3.63, 3.8) is 0 Å². The van der Waals surface area contributed by atoms with Crippen molar-refractivity contribution in [3.8, 4) is 5.75 Å². The van der Waals surface area contributed by atoms with E-state index in [1.807, 2.05) is 12.1 Å². The van der Waals surface area contributed by atoms with Gasteiger partial charge in [0.2, 0.25) is 0 Å². The van der Waals surface area contributed by atoms with Crippen LogP contribution in [0.4, 0.5) is 22.6 Å². The number of aryl methyl sites for hydroxylation is 1. The molecule has 2 aromatic rings. The van der Waals surface area contributed by atoms with Crippen LogP contribution in [0.25, 0.3) is 0 Å². The second-order valence-electron chi connectivity index (χ2n) is 6.49. The summed E-state index contributed by atoms with van der Waals surface area (Å²) in [5, 5.41) is 0. The first-order chi connectivity index (χ1) is 11.5. The van der Waals surface area contributed by atoms with Gasteiger partial charge in [-0.3, -0.25) is 4.48 Å². The average Bonchev–Trinajstić information content (AvgIpc) is 2.45. The zero-order valence-corrected chi connectivity index (χ0v) is 17.4. The Morgan fingerprint density at radius 3 is 1.62 bits per heavy atom. The molecule has 26 heavy (non-hydrogen) atoms. The van der Waals surface area contributed by atoms with Crippen LogP contribution in [0.3, 0.4) is 0 Å². The predicted octanol–water partition coefficient (Wildman–Crippen LogP) is 5.91. The van der Waals surface area contributed by atoms with Gasteiger partial charge in [-0.05, 0) is 43.3 Å². The summed E-state index contributed by atoms with van der Waals surface area (Å²) in [6.45, 7) is 3.08. The van der Waals surface area contributed by atoms with Crippen molar-refractivity contribution < 1.29 is 21.6 Å². The molecular formula is C17H22F6NOSb. The molecule has 9 heteroatoms. The molecule has 0 aliphatic carbocycles. The van der Waals surface area contributed by atoms with Gasteiger partial charge in [-0.25, -0.2) is 0 Å². The average molecular weight is 492 g/mol. The van der Waals surface area contributed by atoms with Crippen LogP contribution in [0.5, 0.6) is 5.75 Å². The van der Waals surface area contributed by atoms with Crippen LogP contribution in [-0.4, -0.2) is 40.7 Å². The number of methoxy groups -OCH3 is 1. The molecule has 2 aromatic carbocycles. The standard InChI is InChI=1S/C17H22NO.6FH.Sb/c1-14-5-9-16(10-6-14)18(2,3)13-15-7-11-17(19-4)12-8-15;;;;;;;/h5-12H,13H2,1-4H3;6*1H;/q+1;;;;;;;+5/p-6. The topological polar surface area (TPSA) is 9.23 Å². The van der Waals surface area contributed by atoms with E-state index < -0.39 is 19.5 Å². The second-order valence-corrected chi connectivity index (χ2v) is 12.0. The van der Waals surface area contributed by atoms with Crippen molar-refractivity contribution in [2.45, 2.75) is 13.5 Å². The number of ether oxygens (including phenoxy) is 1. The van der Waals surface area contributed by atoms with E-state index >= 15 is 0 Å². The van der Waals surface area contributed by atoms with E-state index in [0.717, 1.165) is 16.8 Å². The van der Waals surface area contributed by atoms with Gasteiger partial charge >= 0.3 is 36.4 Å². The van der Waals surface area contributed by atoms with E-state index in [2.05, 4.69) is 57.4 Å². The number of benzene rings is 2. The molecular weight excluding hydrogens is 470 g/mol. The minimum absolute atomic E-state index is 0.840. The third-order valence-corrected chi connectivity index (χ3v) is 3.47. The van der Waals surface area contributed by atoms with E-state index in [9.17, 15) is 16.9 Å². The van der Waals surface area contributed by atoms with Crippen molar-refractivity contribution in [3.05, 3.63) is 59.7 Å². The summed E-state index contributed by atoms with van der Waals surface area (Å²) in [6.07, 6.45) is 0. The molecule has 0 heterocycles. The Hall–Kier alpha value is -1.40. The summed E-state index contributed by atoms with van der Waals surface area (Å²) in [6, 6.07) is 17.1.